The van der Waals surface area contributed by atoms with Crippen LogP contribution in [0.1, 0.15) is 52.2 Å². The number of nitrogens with zero attached hydrogens (tertiary/aromatic N) is 6. The van der Waals surface area contributed by atoms with Crippen LogP contribution in [0.25, 0.3) is 10.1 Å². The highest BCUT2D eigenvalue weighted by Crippen LogP contribution is 2.34. The molecule has 12 heteroatoms. The SMILES string of the molecule is Cc1cc2n(n1)CCN(c1cnc3n(c1=O)[C@H](C(=O)NCc1cc4cnc(N)cc4s1)C[C@H]3C)C2=O. The Morgan fingerprint density at radius 1 is 1.19 bits per heavy atom. The van der Waals surface area contributed by atoms with Crippen LogP contribution in [0.4, 0.5) is 11.5 Å². The van der Waals surface area contributed by atoms with Crippen molar-refractivity contribution in [3.8, 4) is 0 Å². The van der Waals surface area contributed by atoms with E-state index < -0.39 is 6.04 Å². The number of aromatic nitrogens is 5. The van der Waals surface area contributed by atoms with Crippen molar-refractivity contribution >= 4 is 44.7 Å². The summed E-state index contributed by atoms with van der Waals surface area (Å²) in [4.78, 5) is 51.0. The van der Waals surface area contributed by atoms with Crippen LogP contribution >= 0.6 is 11.3 Å². The Hall–Kier alpha value is -4.06. The van der Waals surface area contributed by atoms with Gasteiger partial charge in [-0.25, -0.2) is 9.97 Å². The van der Waals surface area contributed by atoms with Crippen LogP contribution in [-0.2, 0) is 17.9 Å². The third-order valence-electron chi connectivity index (χ3n) is 6.74. The second kappa shape index (κ2) is 8.26. The number of nitrogens with two attached hydrogens (primary N) is 1. The van der Waals surface area contributed by atoms with Crippen molar-refractivity contribution in [2.45, 2.75) is 45.3 Å². The number of fused-ring (bicyclic) bond motifs is 3. The Morgan fingerprint density at radius 2 is 2.03 bits per heavy atom. The van der Waals surface area contributed by atoms with Crippen LogP contribution in [0.2, 0.25) is 0 Å². The van der Waals surface area contributed by atoms with Crippen LogP contribution < -0.4 is 21.5 Å². The van der Waals surface area contributed by atoms with E-state index in [1.165, 1.54) is 27.0 Å². The number of hydrogen-bond acceptors (Lipinski definition) is 8. The number of carbonyl (C=O) groups is 2. The maximum Gasteiger partial charge on any atom is 0.278 e. The van der Waals surface area contributed by atoms with Gasteiger partial charge in [0.2, 0.25) is 5.91 Å². The summed E-state index contributed by atoms with van der Waals surface area (Å²) in [5.74, 6) is 0.384. The number of rotatable bonds is 4. The lowest BCUT2D eigenvalue weighted by Gasteiger charge is -2.27. The predicted octanol–water partition coefficient (Wildman–Crippen LogP) is 1.97. The maximum absolute atomic E-state index is 13.6. The Labute approximate surface area is 209 Å². The van der Waals surface area contributed by atoms with Gasteiger partial charge in [-0.1, -0.05) is 6.92 Å². The lowest BCUT2D eigenvalue weighted by atomic mass is 10.1. The first kappa shape index (κ1) is 22.4. The summed E-state index contributed by atoms with van der Waals surface area (Å²) in [5.41, 5.74) is 6.74. The third kappa shape index (κ3) is 3.56. The fourth-order valence-electron chi connectivity index (χ4n) is 5.03. The molecule has 0 saturated heterocycles. The highest BCUT2D eigenvalue weighted by molar-refractivity contribution is 7.19. The predicted molar refractivity (Wildman–Crippen MR) is 135 cm³/mol. The fraction of sp³-hybridized carbons (Fsp3) is 0.333. The average molecular weight is 505 g/mol. The van der Waals surface area contributed by atoms with Gasteiger partial charge in [-0.3, -0.25) is 28.5 Å². The van der Waals surface area contributed by atoms with Crippen molar-refractivity contribution in [2.24, 2.45) is 0 Å². The molecule has 0 radical (unpaired) electrons. The lowest BCUT2D eigenvalue weighted by Crippen LogP contribution is -2.45. The largest absolute Gasteiger partial charge is 0.384 e. The van der Waals surface area contributed by atoms with Gasteiger partial charge in [-0.05, 0) is 31.5 Å². The molecular formula is C24H24N8O3S. The number of pyridine rings is 1. The van der Waals surface area contributed by atoms with E-state index in [-0.39, 0.29) is 29.0 Å². The molecule has 11 nitrogen and oxygen atoms in total. The summed E-state index contributed by atoms with van der Waals surface area (Å²) >= 11 is 1.54. The van der Waals surface area contributed by atoms with Crippen LogP contribution in [0.15, 0.2) is 35.4 Å². The van der Waals surface area contributed by atoms with Crippen molar-refractivity contribution < 1.29 is 9.59 Å². The normalized spacial score (nSPS) is 18.9. The maximum atomic E-state index is 13.6. The standard InChI is InChI=1S/C24H24N8O3S/c1-12-5-16(22(33)28-10-15-7-14-9-26-20(25)8-19(14)36-15)32-21(12)27-11-18(24(32)35)30-3-4-31-17(23(30)34)6-13(2)29-31/h6-9,11-12,16H,3-5,10H2,1-2H3,(H2,25,26)(H,28,33)/t12-,16+/m1/s1. The molecule has 0 unspecified atom stereocenters. The number of nitrogens with one attached hydrogen (secondary N) is 1. The first-order valence-electron chi connectivity index (χ1n) is 11.7. The number of nitrogen functional groups attached to an aromatic ring is 1. The number of hydrogen-bond donors (Lipinski definition) is 2. The van der Waals surface area contributed by atoms with E-state index in [1.807, 2.05) is 26.0 Å². The summed E-state index contributed by atoms with van der Waals surface area (Å²) in [7, 11) is 0. The molecule has 6 rings (SSSR count). The van der Waals surface area contributed by atoms with E-state index in [1.54, 1.807) is 16.9 Å². The van der Waals surface area contributed by atoms with Gasteiger partial charge in [0.25, 0.3) is 11.5 Å². The first-order valence-corrected chi connectivity index (χ1v) is 12.5. The van der Waals surface area contributed by atoms with Crippen LogP contribution in [0.3, 0.4) is 0 Å². The van der Waals surface area contributed by atoms with E-state index in [0.717, 1.165) is 20.7 Å². The molecule has 0 bridgehead atoms. The van der Waals surface area contributed by atoms with Gasteiger partial charge >= 0.3 is 0 Å². The second-order valence-corrected chi connectivity index (χ2v) is 10.4. The molecule has 0 aliphatic carbocycles. The summed E-state index contributed by atoms with van der Waals surface area (Å²) in [6.45, 7) is 4.88. The minimum Gasteiger partial charge on any atom is -0.384 e. The van der Waals surface area contributed by atoms with Crippen molar-refractivity contribution in [3.05, 3.63) is 63.0 Å². The summed E-state index contributed by atoms with van der Waals surface area (Å²) < 4.78 is 4.11. The van der Waals surface area contributed by atoms with Gasteiger partial charge in [-0.15, -0.1) is 11.3 Å². The molecule has 0 spiro atoms. The number of carbonyl (C=O) groups excluding carboxylic acids is 2. The van der Waals surface area contributed by atoms with E-state index in [4.69, 9.17) is 5.73 Å². The Bertz CT molecular complexity index is 1600. The molecule has 0 saturated carbocycles. The fourth-order valence-corrected chi connectivity index (χ4v) is 6.05. The van der Waals surface area contributed by atoms with Gasteiger partial charge in [0.15, 0.2) is 0 Å². The van der Waals surface area contributed by atoms with Gasteiger partial charge < -0.3 is 11.1 Å². The van der Waals surface area contributed by atoms with E-state index in [0.29, 0.717) is 43.4 Å². The highest BCUT2D eigenvalue weighted by atomic mass is 32.1. The third-order valence-corrected chi connectivity index (χ3v) is 7.84. The van der Waals surface area contributed by atoms with Crippen molar-refractivity contribution in [1.29, 1.82) is 0 Å². The Morgan fingerprint density at radius 3 is 2.86 bits per heavy atom. The zero-order chi connectivity index (χ0) is 25.1. The zero-order valence-corrected chi connectivity index (χ0v) is 20.6. The molecule has 6 heterocycles. The monoisotopic (exact) mass is 504 g/mol. The Balaban J connectivity index is 1.26. The molecule has 2 atom stereocenters. The Kier molecular flexibility index (Phi) is 5.14. The zero-order valence-electron chi connectivity index (χ0n) is 19.8. The second-order valence-electron chi connectivity index (χ2n) is 9.26. The van der Waals surface area contributed by atoms with Crippen molar-refractivity contribution in [1.82, 2.24) is 29.6 Å². The number of anilines is 2. The number of amides is 2. The van der Waals surface area contributed by atoms with Crippen molar-refractivity contribution in [2.75, 3.05) is 17.2 Å². The molecule has 36 heavy (non-hydrogen) atoms. The summed E-state index contributed by atoms with van der Waals surface area (Å²) in [6, 6.07) is 4.79. The number of thiophene rings is 1. The molecule has 2 amide bonds. The first-order chi connectivity index (χ1) is 17.3. The summed E-state index contributed by atoms with van der Waals surface area (Å²) in [5, 5.41) is 8.26. The molecule has 4 aromatic heterocycles. The molecule has 0 aromatic carbocycles. The summed E-state index contributed by atoms with van der Waals surface area (Å²) in [6.07, 6.45) is 3.63. The molecule has 4 aromatic rings. The van der Waals surface area contributed by atoms with E-state index in [9.17, 15) is 14.4 Å². The highest BCUT2D eigenvalue weighted by Gasteiger charge is 2.37. The van der Waals surface area contributed by atoms with Crippen LogP contribution in [-0.4, -0.2) is 42.7 Å². The molecular weight excluding hydrogens is 480 g/mol. The van der Waals surface area contributed by atoms with Gasteiger partial charge in [0.05, 0.1) is 25.0 Å². The topological polar surface area (TPSA) is 141 Å². The quantitative estimate of drug-likeness (QED) is 0.433. The molecule has 2 aliphatic rings. The smallest absolute Gasteiger partial charge is 0.278 e. The minimum absolute atomic E-state index is 0.0676. The van der Waals surface area contributed by atoms with Gasteiger partial charge in [-0.2, -0.15) is 5.10 Å². The molecule has 3 N–H and O–H groups in total. The van der Waals surface area contributed by atoms with Crippen LogP contribution in [0, 0.1) is 6.92 Å². The van der Waals surface area contributed by atoms with E-state index >= 15 is 0 Å². The van der Waals surface area contributed by atoms with Crippen LogP contribution in [0.5, 0.6) is 0 Å². The average Bonchev–Trinajstić information content (AvgIpc) is 3.53. The number of aryl methyl sites for hydroxylation is 1. The lowest BCUT2D eigenvalue weighted by molar-refractivity contribution is -0.124. The van der Waals surface area contributed by atoms with Gasteiger partial charge in [0.1, 0.15) is 29.1 Å². The van der Waals surface area contributed by atoms with Gasteiger partial charge in [0, 0.05) is 33.6 Å². The molecule has 2 aliphatic heterocycles. The minimum atomic E-state index is -0.700. The van der Waals surface area contributed by atoms with E-state index in [2.05, 4.69) is 20.4 Å². The van der Waals surface area contributed by atoms with Crippen molar-refractivity contribution in [3.63, 3.8) is 0 Å². The molecule has 184 valence electrons. The molecule has 0 fully saturated rings.